The van der Waals surface area contributed by atoms with Gasteiger partial charge in [0.15, 0.2) is 0 Å². The quantitative estimate of drug-likeness (QED) is 0.306. The predicted molar refractivity (Wildman–Crippen MR) is 7.55 cm³/mol. The third-order valence-electron chi connectivity index (χ3n) is 0. The van der Waals surface area contributed by atoms with Gasteiger partial charge in [0.2, 0.25) is 0 Å². The van der Waals surface area contributed by atoms with Crippen molar-refractivity contribution >= 4 is 9.17 Å². The van der Waals surface area contributed by atoms with Gasteiger partial charge in [-0.05, 0) is 0 Å². The van der Waals surface area contributed by atoms with Gasteiger partial charge in [-0.3, -0.25) is 0 Å². The number of rotatable bonds is 0. The fourth-order valence-electron chi connectivity index (χ4n) is 0. The first-order valence-electron chi connectivity index (χ1n) is 0.612. The van der Waals surface area contributed by atoms with Gasteiger partial charge in [0.25, 0.3) is 0 Å². The van der Waals surface area contributed by atoms with Crippen LogP contribution >= 0.6 is 0 Å². The minimum absolute atomic E-state index is 0. The zero-order valence-corrected chi connectivity index (χ0v) is 9.72. The van der Waals surface area contributed by atoms with Crippen LogP contribution in [-0.4, -0.2) is 9.17 Å². The van der Waals surface area contributed by atoms with Crippen LogP contribution in [0.15, 0.2) is 0 Å². The summed E-state index contributed by atoms with van der Waals surface area (Å²) in [6.07, 6.45) is 0. The zero-order chi connectivity index (χ0) is 3.58. The molecule has 0 aromatic heterocycles. The van der Waals surface area contributed by atoms with Gasteiger partial charge in [0, 0.05) is 9.17 Å². The van der Waals surface area contributed by atoms with Crippen LogP contribution in [0, 0.1) is 0 Å². The molecule has 0 aliphatic carbocycles. The first-order chi connectivity index (χ1) is 1.73. The SMILES string of the molecule is O=[Si]([O-])[O-].[H-].[Li+].[Na+].[Na+]. The Morgan fingerprint density at radius 3 is 1.29 bits per heavy atom. The van der Waals surface area contributed by atoms with E-state index in [0.29, 0.717) is 0 Å². The van der Waals surface area contributed by atoms with Gasteiger partial charge in [0.05, 0.1) is 0 Å². The average molecular weight is 130 g/mol. The van der Waals surface area contributed by atoms with Crippen LogP contribution in [-0.2, 0) is 4.46 Å². The average Bonchev–Trinajstić information content (AvgIpc) is 0.811. The number of hydrogen-bond acceptors (Lipinski definition) is 3. The molecule has 3 nitrogen and oxygen atoms in total. The van der Waals surface area contributed by atoms with Crippen molar-refractivity contribution in [3.63, 3.8) is 0 Å². The largest absolute Gasteiger partial charge is 1.00 e. The van der Waals surface area contributed by atoms with Gasteiger partial charge in [-0.25, -0.2) is 0 Å². The molecule has 7 heteroatoms. The molecule has 0 rings (SSSR count). The van der Waals surface area contributed by atoms with Crippen molar-refractivity contribution in [3.05, 3.63) is 0 Å². The van der Waals surface area contributed by atoms with Crippen LogP contribution in [0.5, 0.6) is 0 Å². The normalized spacial score (nSPS) is 3.43. The van der Waals surface area contributed by atoms with Crippen LogP contribution in [0.2, 0.25) is 0 Å². The molecule has 0 aromatic carbocycles. The van der Waals surface area contributed by atoms with Crippen molar-refractivity contribution in [3.8, 4) is 0 Å². The molecule has 0 fully saturated rings. The van der Waals surface area contributed by atoms with Gasteiger partial charge in [-0.15, -0.1) is 0 Å². The fraction of sp³-hybridized carbons (Fsp3) is 0. The van der Waals surface area contributed by atoms with Crippen molar-refractivity contribution in [1.29, 1.82) is 0 Å². The van der Waals surface area contributed by atoms with Gasteiger partial charge in [-0.2, -0.15) is 0 Å². The first kappa shape index (κ1) is 22.9. The summed E-state index contributed by atoms with van der Waals surface area (Å²) in [6.45, 7) is 0. The molecule has 0 unspecified atom stereocenters. The molecule has 26 valence electrons. The predicted octanol–water partition coefficient (Wildman–Crippen LogP) is -11.8. The molecule has 7 heavy (non-hydrogen) atoms. The Balaban J connectivity index is -0.00000000750. The molecule has 0 aromatic rings. The van der Waals surface area contributed by atoms with Crippen LogP contribution < -0.4 is 87.6 Å². The molecule has 0 heterocycles. The second kappa shape index (κ2) is 15.7. The summed E-state index contributed by atoms with van der Waals surface area (Å²) in [7, 11) is -3.63. The maximum absolute atomic E-state index is 8.52. The van der Waals surface area contributed by atoms with E-state index in [0.717, 1.165) is 0 Å². The molecule has 0 aliphatic rings. The van der Waals surface area contributed by atoms with Gasteiger partial charge in [0.1, 0.15) is 0 Å². The van der Waals surface area contributed by atoms with E-state index in [2.05, 4.69) is 0 Å². The van der Waals surface area contributed by atoms with E-state index < -0.39 is 9.17 Å². The van der Waals surface area contributed by atoms with Gasteiger partial charge in [-0.1, -0.05) is 0 Å². The minimum Gasteiger partial charge on any atom is -1.00 e. The summed E-state index contributed by atoms with van der Waals surface area (Å²) in [4.78, 5) is 17.0. The Morgan fingerprint density at radius 1 is 1.29 bits per heavy atom. The molecular formula is HLiNa2O3Si. The van der Waals surface area contributed by atoms with E-state index in [-0.39, 0.29) is 79.4 Å². The summed E-state index contributed by atoms with van der Waals surface area (Å²) in [5.41, 5.74) is 0. The maximum atomic E-state index is 8.52. The Kier molecular flexibility index (Phi) is 51.4. The topological polar surface area (TPSA) is 63.2 Å². The standard InChI is InChI=1S/Li.2Na.O3Si.H/c;;;1-4(2)3;/q3*+1;-2;-1. The minimum atomic E-state index is -3.63. The Labute approximate surface area is 101 Å². The van der Waals surface area contributed by atoms with Crippen LogP contribution in [0.4, 0.5) is 0 Å². The second-order valence-corrected chi connectivity index (χ2v) is 0.750. The Hall–Kier alpha value is 2.21. The summed E-state index contributed by atoms with van der Waals surface area (Å²) >= 11 is 0. The van der Waals surface area contributed by atoms with Crippen molar-refractivity contribution in [2.75, 3.05) is 0 Å². The molecular weight excluding hydrogens is 129 g/mol. The molecule has 0 atom stereocenters. The second-order valence-electron chi connectivity index (χ2n) is 0.250. The molecule has 0 amide bonds. The van der Waals surface area contributed by atoms with Gasteiger partial charge < -0.3 is 15.5 Å². The van der Waals surface area contributed by atoms with Crippen LogP contribution in [0.1, 0.15) is 1.43 Å². The third-order valence-corrected chi connectivity index (χ3v) is 0. The van der Waals surface area contributed by atoms with Crippen molar-refractivity contribution in [2.24, 2.45) is 0 Å². The van der Waals surface area contributed by atoms with E-state index in [1.54, 1.807) is 0 Å². The molecule has 0 N–H and O–H groups in total. The molecule has 0 radical (unpaired) electrons. The van der Waals surface area contributed by atoms with Crippen molar-refractivity contribution < 1.29 is 93.5 Å². The summed E-state index contributed by atoms with van der Waals surface area (Å²) in [6, 6.07) is 0. The van der Waals surface area contributed by atoms with Crippen molar-refractivity contribution in [1.82, 2.24) is 0 Å². The third kappa shape index (κ3) is 64.7. The molecule has 0 spiro atoms. The molecule has 0 bridgehead atoms. The first-order valence-corrected chi connectivity index (χ1v) is 1.84. The maximum Gasteiger partial charge on any atom is 1.00 e. The summed E-state index contributed by atoms with van der Waals surface area (Å²) in [5, 5.41) is 0. The van der Waals surface area contributed by atoms with Crippen LogP contribution in [0.25, 0.3) is 0 Å². The van der Waals surface area contributed by atoms with Gasteiger partial charge >= 0.3 is 78.0 Å². The Bertz CT molecular complexity index is 40.3. The zero-order valence-electron chi connectivity index (χ0n) is 5.72. The summed E-state index contributed by atoms with van der Waals surface area (Å²) in [5.74, 6) is 0. The van der Waals surface area contributed by atoms with E-state index in [9.17, 15) is 0 Å². The fourth-order valence-corrected chi connectivity index (χ4v) is 0. The molecule has 0 saturated heterocycles. The van der Waals surface area contributed by atoms with E-state index >= 15 is 0 Å². The van der Waals surface area contributed by atoms with Crippen LogP contribution in [0.3, 0.4) is 0 Å². The van der Waals surface area contributed by atoms with E-state index in [1.165, 1.54) is 0 Å². The van der Waals surface area contributed by atoms with E-state index in [1.807, 2.05) is 0 Å². The van der Waals surface area contributed by atoms with Crippen molar-refractivity contribution in [2.45, 2.75) is 0 Å². The molecule has 0 aliphatic heterocycles. The monoisotopic (exact) mass is 130 g/mol. The molecule has 0 saturated carbocycles. The van der Waals surface area contributed by atoms with E-state index in [4.69, 9.17) is 14.1 Å². The summed E-state index contributed by atoms with van der Waals surface area (Å²) < 4.78 is 8.52. The smallest absolute Gasteiger partial charge is 1.00 e. The number of hydrogen-bond donors (Lipinski definition) is 0. The Morgan fingerprint density at radius 2 is 1.29 bits per heavy atom.